The van der Waals surface area contributed by atoms with E-state index in [0.717, 1.165) is 0 Å². The Balaban J connectivity index is 2.36. The monoisotopic (exact) mass is 229 g/mol. The van der Waals surface area contributed by atoms with E-state index in [4.69, 9.17) is 5.73 Å². The molecule has 1 aliphatic heterocycles. The van der Waals surface area contributed by atoms with Gasteiger partial charge in [-0.15, -0.1) is 0 Å². The SMILES string of the molecule is CN1CC(NC(=O)CC(N)=S)CCC1=O. The van der Waals surface area contributed by atoms with Crippen molar-refractivity contribution in [1.82, 2.24) is 10.2 Å². The number of piperidine rings is 1. The first-order chi connectivity index (χ1) is 6.99. The van der Waals surface area contributed by atoms with Gasteiger partial charge in [-0.3, -0.25) is 9.59 Å². The maximum atomic E-state index is 11.3. The quantitative estimate of drug-likeness (QED) is 0.634. The molecule has 1 rings (SSSR count). The van der Waals surface area contributed by atoms with Crippen LogP contribution in [0.5, 0.6) is 0 Å². The third-order valence-electron chi connectivity index (χ3n) is 2.33. The van der Waals surface area contributed by atoms with Crippen molar-refractivity contribution < 1.29 is 9.59 Å². The predicted molar refractivity (Wildman–Crippen MR) is 60.2 cm³/mol. The summed E-state index contributed by atoms with van der Waals surface area (Å²) in [5, 5.41) is 2.80. The summed E-state index contributed by atoms with van der Waals surface area (Å²) >= 11 is 4.63. The van der Waals surface area contributed by atoms with Crippen molar-refractivity contribution >= 4 is 29.0 Å². The fourth-order valence-electron chi connectivity index (χ4n) is 1.57. The van der Waals surface area contributed by atoms with Gasteiger partial charge in [0.15, 0.2) is 0 Å². The lowest BCUT2D eigenvalue weighted by molar-refractivity contribution is -0.133. The number of amides is 2. The molecule has 1 saturated heterocycles. The summed E-state index contributed by atoms with van der Waals surface area (Å²) in [6, 6.07) is 0.0227. The number of rotatable bonds is 3. The predicted octanol–water partition coefficient (Wildman–Crippen LogP) is -0.600. The van der Waals surface area contributed by atoms with Crippen LogP contribution in [0.4, 0.5) is 0 Å². The van der Waals surface area contributed by atoms with Crippen molar-refractivity contribution in [2.24, 2.45) is 5.73 Å². The third-order valence-corrected chi connectivity index (χ3v) is 2.47. The van der Waals surface area contributed by atoms with Crippen molar-refractivity contribution in [3.63, 3.8) is 0 Å². The summed E-state index contributed by atoms with van der Waals surface area (Å²) in [6.07, 6.45) is 1.24. The van der Waals surface area contributed by atoms with Gasteiger partial charge in [-0.25, -0.2) is 0 Å². The van der Waals surface area contributed by atoms with Gasteiger partial charge >= 0.3 is 0 Å². The molecule has 0 aromatic heterocycles. The molecule has 5 nitrogen and oxygen atoms in total. The summed E-state index contributed by atoms with van der Waals surface area (Å²) in [5.41, 5.74) is 5.25. The number of hydrogen-bond donors (Lipinski definition) is 2. The Kier molecular flexibility index (Phi) is 4.02. The van der Waals surface area contributed by atoms with Crippen LogP contribution in [0.3, 0.4) is 0 Å². The molecule has 15 heavy (non-hydrogen) atoms. The molecule has 0 aromatic carbocycles. The Bertz CT molecular complexity index is 293. The molecule has 1 heterocycles. The van der Waals surface area contributed by atoms with E-state index < -0.39 is 0 Å². The normalized spacial score (nSPS) is 21.3. The van der Waals surface area contributed by atoms with Crippen LogP contribution in [-0.4, -0.2) is 41.3 Å². The second-order valence-corrected chi connectivity index (χ2v) is 4.24. The first-order valence-electron chi connectivity index (χ1n) is 4.80. The number of carbonyl (C=O) groups excluding carboxylic acids is 2. The summed E-state index contributed by atoms with van der Waals surface area (Å²) in [5.74, 6) is -0.0508. The molecule has 0 aliphatic carbocycles. The van der Waals surface area contributed by atoms with E-state index in [9.17, 15) is 9.59 Å². The second kappa shape index (κ2) is 5.06. The van der Waals surface area contributed by atoms with Gasteiger partial charge in [0.2, 0.25) is 11.8 Å². The lowest BCUT2D eigenvalue weighted by atomic mass is 10.1. The summed E-state index contributed by atoms with van der Waals surface area (Å²) in [4.78, 5) is 24.3. The average Bonchev–Trinajstić information content (AvgIpc) is 2.10. The Labute approximate surface area is 94.0 Å². The number of nitrogens with two attached hydrogens (primary N) is 1. The van der Waals surface area contributed by atoms with Crippen LogP contribution in [0.2, 0.25) is 0 Å². The fourth-order valence-corrected chi connectivity index (χ4v) is 1.70. The smallest absolute Gasteiger partial charge is 0.227 e. The summed E-state index contributed by atoms with van der Waals surface area (Å²) < 4.78 is 0. The first-order valence-corrected chi connectivity index (χ1v) is 5.21. The molecule has 1 unspecified atom stereocenters. The molecule has 0 spiro atoms. The minimum absolute atomic E-state index is 0.0227. The highest BCUT2D eigenvalue weighted by molar-refractivity contribution is 7.80. The minimum atomic E-state index is -0.171. The molecule has 3 N–H and O–H groups in total. The van der Waals surface area contributed by atoms with Gasteiger partial charge in [0.1, 0.15) is 0 Å². The Morgan fingerprint density at radius 3 is 2.93 bits per heavy atom. The maximum absolute atomic E-state index is 11.3. The molecule has 6 heteroatoms. The zero-order valence-electron chi connectivity index (χ0n) is 8.66. The van der Waals surface area contributed by atoms with Crippen molar-refractivity contribution in [3.8, 4) is 0 Å². The topological polar surface area (TPSA) is 75.4 Å². The van der Waals surface area contributed by atoms with E-state index in [0.29, 0.717) is 19.4 Å². The fraction of sp³-hybridized carbons (Fsp3) is 0.667. The summed E-state index contributed by atoms with van der Waals surface area (Å²) in [6.45, 7) is 0.557. The van der Waals surface area contributed by atoms with E-state index in [1.165, 1.54) is 0 Å². The van der Waals surface area contributed by atoms with Crippen LogP contribution < -0.4 is 11.1 Å². The van der Waals surface area contributed by atoms with Crippen LogP contribution in [0, 0.1) is 0 Å². The number of carbonyl (C=O) groups is 2. The molecule has 84 valence electrons. The highest BCUT2D eigenvalue weighted by atomic mass is 32.1. The Morgan fingerprint density at radius 1 is 1.73 bits per heavy atom. The third kappa shape index (κ3) is 3.83. The number of likely N-dealkylation sites (tertiary alicyclic amines) is 1. The highest BCUT2D eigenvalue weighted by Gasteiger charge is 2.23. The van der Waals surface area contributed by atoms with Crippen molar-refractivity contribution in [2.75, 3.05) is 13.6 Å². The minimum Gasteiger partial charge on any atom is -0.393 e. The van der Waals surface area contributed by atoms with Crippen molar-refractivity contribution in [3.05, 3.63) is 0 Å². The van der Waals surface area contributed by atoms with Gasteiger partial charge in [0, 0.05) is 26.1 Å². The van der Waals surface area contributed by atoms with Crippen molar-refractivity contribution in [1.29, 1.82) is 0 Å². The zero-order chi connectivity index (χ0) is 11.4. The number of thiocarbonyl (C=S) groups is 1. The number of nitrogens with zero attached hydrogens (tertiary/aromatic N) is 1. The van der Waals surface area contributed by atoms with E-state index in [-0.39, 0.29) is 29.3 Å². The van der Waals surface area contributed by atoms with Crippen LogP contribution in [0.1, 0.15) is 19.3 Å². The molecular weight excluding hydrogens is 214 g/mol. The van der Waals surface area contributed by atoms with E-state index >= 15 is 0 Å². The van der Waals surface area contributed by atoms with Gasteiger partial charge in [-0.05, 0) is 6.42 Å². The zero-order valence-corrected chi connectivity index (χ0v) is 9.47. The van der Waals surface area contributed by atoms with Crippen LogP contribution in [0.25, 0.3) is 0 Å². The molecule has 0 bridgehead atoms. The van der Waals surface area contributed by atoms with Crippen LogP contribution >= 0.6 is 12.2 Å². The second-order valence-electron chi connectivity index (χ2n) is 3.72. The van der Waals surface area contributed by atoms with E-state index in [2.05, 4.69) is 17.5 Å². The molecule has 0 radical (unpaired) electrons. The van der Waals surface area contributed by atoms with Crippen LogP contribution in [0.15, 0.2) is 0 Å². The lowest BCUT2D eigenvalue weighted by Crippen LogP contribution is -2.48. The standard InChI is InChI=1S/C9H15N3O2S/c1-12-5-6(2-3-9(12)14)11-8(13)4-7(10)15/h6H,2-5H2,1H3,(H2,10,15)(H,11,13). The van der Waals surface area contributed by atoms with Crippen LogP contribution in [-0.2, 0) is 9.59 Å². The highest BCUT2D eigenvalue weighted by Crippen LogP contribution is 2.09. The largest absolute Gasteiger partial charge is 0.393 e. The molecule has 1 fully saturated rings. The van der Waals surface area contributed by atoms with Gasteiger partial charge in [-0.1, -0.05) is 12.2 Å². The van der Waals surface area contributed by atoms with Gasteiger partial charge in [0.25, 0.3) is 0 Å². The number of hydrogen-bond acceptors (Lipinski definition) is 3. The Hall–Kier alpha value is -1.17. The average molecular weight is 229 g/mol. The maximum Gasteiger partial charge on any atom is 0.227 e. The van der Waals surface area contributed by atoms with Gasteiger partial charge in [-0.2, -0.15) is 0 Å². The molecule has 0 saturated carbocycles. The molecule has 0 aromatic rings. The number of nitrogens with one attached hydrogen (secondary N) is 1. The molecule has 2 amide bonds. The lowest BCUT2D eigenvalue weighted by Gasteiger charge is -2.30. The van der Waals surface area contributed by atoms with Gasteiger partial charge in [0.05, 0.1) is 11.4 Å². The molecule has 1 atom stereocenters. The first kappa shape index (κ1) is 11.9. The Morgan fingerprint density at radius 2 is 2.40 bits per heavy atom. The van der Waals surface area contributed by atoms with Crippen molar-refractivity contribution in [2.45, 2.75) is 25.3 Å². The van der Waals surface area contributed by atoms with Gasteiger partial charge < -0.3 is 16.0 Å². The molecular formula is C9H15N3O2S. The van der Waals surface area contributed by atoms with E-state index in [1.807, 2.05) is 0 Å². The molecule has 1 aliphatic rings. The van der Waals surface area contributed by atoms with E-state index in [1.54, 1.807) is 11.9 Å². The summed E-state index contributed by atoms with van der Waals surface area (Å²) in [7, 11) is 1.73. The number of likely N-dealkylation sites (N-methyl/N-ethyl adjacent to an activating group) is 1.